The van der Waals surface area contributed by atoms with E-state index in [1.54, 1.807) is 0 Å². The van der Waals surface area contributed by atoms with Crippen LogP contribution in [0.1, 0.15) is 24.8 Å². The normalized spacial score (nSPS) is 17.4. The molecule has 0 unspecified atom stereocenters. The summed E-state index contributed by atoms with van der Waals surface area (Å²) in [6.45, 7) is 1.64. The maximum Gasteiger partial charge on any atom is 0.0410 e. The van der Waals surface area contributed by atoms with Gasteiger partial charge in [-0.3, -0.25) is 0 Å². The number of hydrogen-bond donors (Lipinski definition) is 1. The molecule has 0 heterocycles. The molecule has 0 aromatic heterocycles. The molecular weight excluding hydrogens is 302 g/mol. The lowest BCUT2D eigenvalue weighted by molar-refractivity contribution is 0.0683. The van der Waals surface area contributed by atoms with Crippen LogP contribution < -0.4 is 10.6 Å². The molecule has 0 aliphatic heterocycles. The van der Waals surface area contributed by atoms with Crippen LogP contribution in [0.3, 0.4) is 0 Å². The van der Waals surface area contributed by atoms with Crippen LogP contribution in [0.15, 0.2) is 22.7 Å². The maximum atomic E-state index is 5.87. The van der Waals surface area contributed by atoms with Crippen LogP contribution in [0.2, 0.25) is 0 Å². The predicted octanol–water partition coefficient (Wildman–Crippen LogP) is 2.83. The molecule has 2 rings (SSSR count). The summed E-state index contributed by atoms with van der Waals surface area (Å²) < 4.78 is 1.09. The smallest absolute Gasteiger partial charge is 0.0410 e. The Bertz CT molecular complexity index is 441. The molecule has 0 spiro atoms. The zero-order chi connectivity index (χ0) is 14.0. The molecule has 0 atom stereocenters. The molecule has 0 amide bonds. The molecule has 1 saturated carbocycles. The maximum absolute atomic E-state index is 5.87. The molecule has 106 valence electrons. The highest BCUT2D eigenvalue weighted by Gasteiger charge is 2.40. The molecule has 0 saturated heterocycles. The van der Waals surface area contributed by atoms with Crippen molar-refractivity contribution in [1.29, 1.82) is 0 Å². The number of nitrogens with zero attached hydrogens (tertiary/aromatic N) is 2. The summed E-state index contributed by atoms with van der Waals surface area (Å²) in [6, 6.07) is 6.37. The van der Waals surface area contributed by atoms with Crippen molar-refractivity contribution in [1.82, 2.24) is 4.90 Å². The van der Waals surface area contributed by atoms with Crippen LogP contribution in [0.25, 0.3) is 0 Å². The van der Waals surface area contributed by atoms with E-state index in [9.17, 15) is 0 Å². The fraction of sp³-hybridized carbons (Fsp3) is 0.600. The first-order chi connectivity index (χ1) is 8.98. The van der Waals surface area contributed by atoms with E-state index in [0.717, 1.165) is 11.0 Å². The van der Waals surface area contributed by atoms with E-state index < -0.39 is 0 Å². The number of benzene rings is 1. The standard InChI is InChI=1S/C15H24BrN3/c1-18(2)15(7-4-8-15)11-19(3)14-6-5-13(16)9-12(14)10-17/h5-6,9H,4,7-8,10-11,17H2,1-3H3. The predicted molar refractivity (Wildman–Crippen MR) is 85.6 cm³/mol. The molecule has 1 aromatic carbocycles. The van der Waals surface area contributed by atoms with Crippen molar-refractivity contribution in [2.75, 3.05) is 32.6 Å². The summed E-state index contributed by atoms with van der Waals surface area (Å²) in [4.78, 5) is 4.74. The van der Waals surface area contributed by atoms with Crippen molar-refractivity contribution in [2.45, 2.75) is 31.3 Å². The number of halogens is 1. The second-order valence-corrected chi connectivity index (χ2v) is 6.72. The fourth-order valence-electron chi connectivity index (χ4n) is 2.95. The van der Waals surface area contributed by atoms with Gasteiger partial charge in [0, 0.05) is 35.8 Å². The van der Waals surface area contributed by atoms with Gasteiger partial charge in [0.05, 0.1) is 0 Å². The first-order valence-corrected chi connectivity index (χ1v) is 7.65. The summed E-state index contributed by atoms with van der Waals surface area (Å²) in [5.41, 5.74) is 8.66. The SMILES string of the molecule is CN(CC1(N(C)C)CCC1)c1ccc(Br)cc1CN. The van der Waals surface area contributed by atoms with Crippen molar-refractivity contribution in [3.63, 3.8) is 0 Å². The fourth-order valence-corrected chi connectivity index (χ4v) is 3.36. The van der Waals surface area contributed by atoms with E-state index in [1.165, 1.54) is 30.5 Å². The van der Waals surface area contributed by atoms with Crippen LogP contribution in [-0.4, -0.2) is 38.1 Å². The monoisotopic (exact) mass is 325 g/mol. The van der Waals surface area contributed by atoms with E-state index in [0.29, 0.717) is 12.1 Å². The quantitative estimate of drug-likeness (QED) is 0.903. The second kappa shape index (κ2) is 5.81. The lowest BCUT2D eigenvalue weighted by atomic mass is 9.75. The Kier molecular flexibility index (Phi) is 4.54. The number of hydrogen-bond acceptors (Lipinski definition) is 3. The van der Waals surface area contributed by atoms with Crippen LogP contribution in [0.4, 0.5) is 5.69 Å². The van der Waals surface area contributed by atoms with Crippen molar-refractivity contribution < 1.29 is 0 Å². The summed E-state index contributed by atoms with van der Waals surface area (Å²) in [5.74, 6) is 0. The number of likely N-dealkylation sites (N-methyl/N-ethyl adjacent to an activating group) is 2. The lowest BCUT2D eigenvalue weighted by Gasteiger charge is -2.49. The van der Waals surface area contributed by atoms with E-state index in [1.807, 2.05) is 0 Å². The van der Waals surface area contributed by atoms with Gasteiger partial charge >= 0.3 is 0 Å². The molecule has 2 N–H and O–H groups in total. The molecule has 0 radical (unpaired) electrons. The van der Waals surface area contributed by atoms with Crippen LogP contribution in [-0.2, 0) is 6.54 Å². The van der Waals surface area contributed by atoms with E-state index >= 15 is 0 Å². The van der Waals surface area contributed by atoms with Crippen LogP contribution in [0, 0.1) is 0 Å². The molecule has 1 aliphatic rings. The molecule has 1 aliphatic carbocycles. The minimum absolute atomic E-state index is 0.341. The highest BCUT2D eigenvalue weighted by molar-refractivity contribution is 9.10. The largest absolute Gasteiger partial charge is 0.372 e. The molecule has 19 heavy (non-hydrogen) atoms. The molecule has 1 fully saturated rings. The van der Waals surface area contributed by atoms with Gasteiger partial charge in [-0.1, -0.05) is 15.9 Å². The van der Waals surface area contributed by atoms with Gasteiger partial charge < -0.3 is 15.5 Å². The van der Waals surface area contributed by atoms with Gasteiger partial charge in [-0.2, -0.15) is 0 Å². The Morgan fingerprint density at radius 1 is 1.26 bits per heavy atom. The Balaban J connectivity index is 2.18. The van der Waals surface area contributed by atoms with Gasteiger partial charge in [-0.15, -0.1) is 0 Å². The van der Waals surface area contributed by atoms with Crippen molar-refractivity contribution in [2.24, 2.45) is 5.73 Å². The minimum Gasteiger partial charge on any atom is -0.372 e. The van der Waals surface area contributed by atoms with E-state index in [-0.39, 0.29) is 0 Å². The number of anilines is 1. The molecule has 3 nitrogen and oxygen atoms in total. The first-order valence-electron chi connectivity index (χ1n) is 6.85. The molecule has 0 bridgehead atoms. The molecule has 4 heteroatoms. The Morgan fingerprint density at radius 2 is 1.95 bits per heavy atom. The average molecular weight is 326 g/mol. The Morgan fingerprint density at radius 3 is 2.42 bits per heavy atom. The third-order valence-electron chi connectivity index (χ3n) is 4.44. The lowest BCUT2D eigenvalue weighted by Crippen LogP contribution is -2.56. The summed E-state index contributed by atoms with van der Waals surface area (Å²) in [7, 11) is 6.56. The zero-order valence-corrected chi connectivity index (χ0v) is 13.7. The van der Waals surface area contributed by atoms with Gasteiger partial charge in [0.25, 0.3) is 0 Å². The Labute approximate surface area is 124 Å². The highest BCUT2D eigenvalue weighted by Crippen LogP contribution is 2.38. The third-order valence-corrected chi connectivity index (χ3v) is 4.93. The van der Waals surface area contributed by atoms with E-state index in [4.69, 9.17) is 5.73 Å². The Hall–Kier alpha value is -0.580. The summed E-state index contributed by atoms with van der Waals surface area (Å²) in [5, 5.41) is 0. The van der Waals surface area contributed by atoms with Crippen molar-refractivity contribution >= 4 is 21.6 Å². The van der Waals surface area contributed by atoms with Crippen LogP contribution >= 0.6 is 15.9 Å². The average Bonchev–Trinajstić information content (AvgIpc) is 2.32. The minimum atomic E-state index is 0.341. The van der Waals surface area contributed by atoms with E-state index in [2.05, 4.69) is 65.1 Å². The van der Waals surface area contributed by atoms with Gasteiger partial charge in [-0.25, -0.2) is 0 Å². The van der Waals surface area contributed by atoms with Crippen molar-refractivity contribution in [3.8, 4) is 0 Å². The van der Waals surface area contributed by atoms with Crippen molar-refractivity contribution in [3.05, 3.63) is 28.2 Å². The third kappa shape index (κ3) is 2.96. The topological polar surface area (TPSA) is 32.5 Å². The zero-order valence-electron chi connectivity index (χ0n) is 12.1. The van der Waals surface area contributed by atoms with Gasteiger partial charge in [0.2, 0.25) is 0 Å². The summed E-state index contributed by atoms with van der Waals surface area (Å²) in [6.07, 6.45) is 3.92. The second-order valence-electron chi connectivity index (χ2n) is 5.81. The number of nitrogens with two attached hydrogens (primary N) is 1. The molecule has 1 aromatic rings. The highest BCUT2D eigenvalue weighted by atomic mass is 79.9. The molecular formula is C15H24BrN3. The number of rotatable bonds is 5. The van der Waals surface area contributed by atoms with Gasteiger partial charge in [0.1, 0.15) is 0 Å². The van der Waals surface area contributed by atoms with Gasteiger partial charge in [0.15, 0.2) is 0 Å². The summed E-state index contributed by atoms with van der Waals surface area (Å²) >= 11 is 3.51. The van der Waals surface area contributed by atoms with Gasteiger partial charge in [-0.05, 0) is 57.1 Å². The van der Waals surface area contributed by atoms with Crippen LogP contribution in [0.5, 0.6) is 0 Å². The first kappa shape index (κ1) is 14.8.